The summed E-state index contributed by atoms with van der Waals surface area (Å²) in [4.78, 5) is 20.5. The molecule has 0 saturated carbocycles. The minimum Gasteiger partial charge on any atom is -0.493 e. The summed E-state index contributed by atoms with van der Waals surface area (Å²) < 4.78 is 17.7. The van der Waals surface area contributed by atoms with Crippen LogP contribution < -0.4 is 14.2 Å². The molecule has 0 unspecified atom stereocenters. The summed E-state index contributed by atoms with van der Waals surface area (Å²) in [6.07, 6.45) is 8.13. The second-order valence-corrected chi connectivity index (χ2v) is 9.66. The van der Waals surface area contributed by atoms with Crippen LogP contribution in [0.2, 0.25) is 0 Å². The summed E-state index contributed by atoms with van der Waals surface area (Å²) in [6, 6.07) is 10.0. The zero-order chi connectivity index (χ0) is 24.5. The van der Waals surface area contributed by atoms with Crippen LogP contribution in [0.25, 0.3) is 0 Å². The fourth-order valence-corrected chi connectivity index (χ4v) is 4.90. The quantitative estimate of drug-likeness (QED) is 0.449. The van der Waals surface area contributed by atoms with Gasteiger partial charge in [-0.2, -0.15) is 0 Å². The van der Waals surface area contributed by atoms with Crippen molar-refractivity contribution in [3.05, 3.63) is 47.8 Å². The summed E-state index contributed by atoms with van der Waals surface area (Å²) in [7, 11) is 1.68. The van der Waals surface area contributed by atoms with Crippen LogP contribution in [-0.2, 0) is 11.2 Å². The van der Waals surface area contributed by atoms with E-state index in [-0.39, 0.29) is 5.91 Å². The van der Waals surface area contributed by atoms with Gasteiger partial charge in [-0.3, -0.25) is 9.78 Å². The highest BCUT2D eigenvalue weighted by Gasteiger charge is 2.21. The van der Waals surface area contributed by atoms with E-state index in [1.807, 2.05) is 29.3 Å². The Morgan fingerprint density at radius 3 is 2.57 bits per heavy atom. The molecule has 2 aliphatic rings. The Balaban J connectivity index is 1.28. The molecule has 3 heterocycles. The number of carbonyl (C=O) groups is 1. The second kappa shape index (κ2) is 12.8. The second-order valence-electron chi connectivity index (χ2n) is 9.66. The van der Waals surface area contributed by atoms with E-state index in [4.69, 9.17) is 14.2 Å². The van der Waals surface area contributed by atoms with Crippen LogP contribution in [0.1, 0.15) is 50.3 Å². The highest BCUT2D eigenvalue weighted by atomic mass is 16.5. The zero-order valence-electron chi connectivity index (χ0n) is 21.2. The fraction of sp³-hybridized carbons (Fsp3) is 0.571. The first-order chi connectivity index (χ1) is 17.1. The van der Waals surface area contributed by atoms with Crippen molar-refractivity contribution in [3.63, 3.8) is 0 Å². The first kappa shape index (κ1) is 25.3. The van der Waals surface area contributed by atoms with Crippen LogP contribution in [0.5, 0.6) is 17.2 Å². The summed E-state index contributed by atoms with van der Waals surface area (Å²) in [5.41, 5.74) is 2.08. The van der Waals surface area contributed by atoms with E-state index >= 15 is 0 Å². The van der Waals surface area contributed by atoms with Crippen molar-refractivity contribution >= 4 is 5.91 Å². The first-order valence-electron chi connectivity index (χ1n) is 13.0. The van der Waals surface area contributed by atoms with Gasteiger partial charge in [0.25, 0.3) is 0 Å². The molecular weight excluding hydrogens is 442 g/mol. The molecule has 35 heavy (non-hydrogen) atoms. The number of methoxy groups -OCH3 is 1. The topological polar surface area (TPSA) is 64.1 Å². The van der Waals surface area contributed by atoms with Crippen LogP contribution in [0.3, 0.4) is 0 Å². The van der Waals surface area contributed by atoms with Gasteiger partial charge in [0, 0.05) is 50.9 Å². The summed E-state index contributed by atoms with van der Waals surface area (Å²) in [5, 5.41) is 0. The molecule has 0 aliphatic carbocycles. The predicted molar refractivity (Wildman–Crippen MR) is 136 cm³/mol. The maximum atomic E-state index is 11.5. The van der Waals surface area contributed by atoms with Crippen molar-refractivity contribution in [3.8, 4) is 17.2 Å². The molecule has 2 aromatic rings. The lowest BCUT2D eigenvalue weighted by Crippen LogP contribution is -2.38. The monoisotopic (exact) mass is 481 g/mol. The van der Waals surface area contributed by atoms with Gasteiger partial charge in [-0.05, 0) is 74.9 Å². The number of pyridine rings is 1. The van der Waals surface area contributed by atoms with Gasteiger partial charge < -0.3 is 24.0 Å². The van der Waals surface area contributed by atoms with Gasteiger partial charge in [0.2, 0.25) is 5.91 Å². The molecule has 7 nitrogen and oxygen atoms in total. The molecule has 190 valence electrons. The maximum absolute atomic E-state index is 11.5. The highest BCUT2D eigenvalue weighted by molar-refractivity contribution is 5.73. The first-order valence-corrected chi connectivity index (χ1v) is 13.0. The van der Waals surface area contributed by atoms with E-state index in [0.29, 0.717) is 25.6 Å². The van der Waals surface area contributed by atoms with Crippen molar-refractivity contribution in [1.82, 2.24) is 14.8 Å². The van der Waals surface area contributed by atoms with Crippen LogP contribution in [0, 0.1) is 5.92 Å². The summed E-state index contributed by atoms with van der Waals surface area (Å²) >= 11 is 0. The molecule has 2 aliphatic heterocycles. The Kier molecular flexibility index (Phi) is 9.23. The van der Waals surface area contributed by atoms with E-state index in [1.165, 1.54) is 25.9 Å². The molecule has 1 amide bonds. The minimum atomic E-state index is 0.164. The Morgan fingerprint density at radius 2 is 1.83 bits per heavy atom. The number of amides is 1. The van der Waals surface area contributed by atoms with Gasteiger partial charge >= 0.3 is 0 Å². The third-order valence-electron chi connectivity index (χ3n) is 7.02. The SMILES string of the molecule is COc1ccc(Cc2cc(OCC3CCN(C(C)=O)CC3)ccn2)cc1OCCCN1CCCC1. The van der Waals surface area contributed by atoms with Crippen molar-refractivity contribution in [1.29, 1.82) is 0 Å². The van der Waals surface area contributed by atoms with E-state index in [2.05, 4.69) is 22.0 Å². The molecule has 1 aromatic heterocycles. The lowest BCUT2D eigenvalue weighted by molar-refractivity contribution is -0.130. The Labute approximate surface area is 209 Å². The molecule has 0 N–H and O–H groups in total. The van der Waals surface area contributed by atoms with Crippen LogP contribution >= 0.6 is 0 Å². The number of carbonyl (C=O) groups excluding carboxylic acids is 1. The average molecular weight is 482 g/mol. The number of hydrogen-bond donors (Lipinski definition) is 0. The molecule has 0 spiro atoms. The molecule has 2 saturated heterocycles. The van der Waals surface area contributed by atoms with Gasteiger partial charge in [0.15, 0.2) is 11.5 Å². The predicted octanol–water partition coefficient (Wildman–Crippen LogP) is 4.18. The van der Waals surface area contributed by atoms with E-state index in [9.17, 15) is 4.79 Å². The molecular formula is C28H39N3O4. The van der Waals surface area contributed by atoms with E-state index in [0.717, 1.165) is 67.4 Å². The number of benzene rings is 1. The minimum absolute atomic E-state index is 0.164. The third-order valence-corrected chi connectivity index (χ3v) is 7.02. The molecule has 2 fully saturated rings. The van der Waals surface area contributed by atoms with Crippen LogP contribution in [-0.4, -0.2) is 73.7 Å². The lowest BCUT2D eigenvalue weighted by Gasteiger charge is -2.31. The maximum Gasteiger partial charge on any atom is 0.219 e. The third kappa shape index (κ3) is 7.59. The largest absolute Gasteiger partial charge is 0.493 e. The van der Waals surface area contributed by atoms with Crippen molar-refractivity contribution < 1.29 is 19.0 Å². The Morgan fingerprint density at radius 1 is 1.03 bits per heavy atom. The number of likely N-dealkylation sites (tertiary alicyclic amines) is 2. The summed E-state index contributed by atoms with van der Waals surface area (Å²) in [6.45, 7) is 8.17. The standard InChI is InChI=1S/C28H39N3O4/c1-22(32)31-15-9-23(10-16-31)21-35-26-8-11-29-25(20-26)18-24-6-7-27(33-2)28(19-24)34-17-5-14-30-12-3-4-13-30/h6-8,11,19-20,23H,3-5,9-10,12-18,21H2,1-2H3. The number of ether oxygens (including phenoxy) is 3. The molecule has 4 rings (SSSR count). The molecule has 7 heteroatoms. The fourth-order valence-electron chi connectivity index (χ4n) is 4.90. The van der Waals surface area contributed by atoms with Gasteiger partial charge in [0.05, 0.1) is 20.3 Å². The number of aromatic nitrogens is 1. The van der Waals surface area contributed by atoms with Crippen molar-refractivity contribution in [2.24, 2.45) is 5.92 Å². The molecule has 0 radical (unpaired) electrons. The molecule has 1 aromatic carbocycles. The average Bonchev–Trinajstić information content (AvgIpc) is 3.40. The lowest BCUT2D eigenvalue weighted by atomic mass is 9.98. The van der Waals surface area contributed by atoms with Gasteiger partial charge in [-0.1, -0.05) is 6.07 Å². The van der Waals surface area contributed by atoms with Gasteiger partial charge in [-0.15, -0.1) is 0 Å². The van der Waals surface area contributed by atoms with Crippen molar-refractivity contribution in [2.45, 2.75) is 45.4 Å². The van der Waals surface area contributed by atoms with Crippen LogP contribution in [0.15, 0.2) is 36.5 Å². The Hall–Kier alpha value is -2.80. The number of rotatable bonds is 11. The zero-order valence-corrected chi connectivity index (χ0v) is 21.2. The van der Waals surface area contributed by atoms with E-state index < -0.39 is 0 Å². The number of piperidine rings is 1. The normalized spacial score (nSPS) is 16.9. The van der Waals surface area contributed by atoms with Crippen molar-refractivity contribution in [2.75, 3.05) is 53.0 Å². The Bertz CT molecular complexity index is 953. The van der Waals surface area contributed by atoms with Gasteiger partial charge in [0.1, 0.15) is 5.75 Å². The summed E-state index contributed by atoms with van der Waals surface area (Å²) in [5.74, 6) is 3.04. The molecule has 0 atom stereocenters. The smallest absolute Gasteiger partial charge is 0.219 e. The highest BCUT2D eigenvalue weighted by Crippen LogP contribution is 2.29. The number of hydrogen-bond acceptors (Lipinski definition) is 6. The van der Waals surface area contributed by atoms with Crippen LogP contribution in [0.4, 0.5) is 0 Å². The van der Waals surface area contributed by atoms with Gasteiger partial charge in [-0.25, -0.2) is 0 Å². The van der Waals surface area contributed by atoms with E-state index in [1.54, 1.807) is 14.0 Å². The molecule has 0 bridgehead atoms. The number of nitrogens with zero attached hydrogens (tertiary/aromatic N) is 3.